The predicted octanol–water partition coefficient (Wildman–Crippen LogP) is 2.31. The van der Waals surface area contributed by atoms with Crippen molar-refractivity contribution in [2.45, 2.75) is 0 Å². The average molecular weight is 258 g/mol. The quantitative estimate of drug-likeness (QED) is 0.652. The standard InChI is InChI=1S/C14H10O5/c15-10-7-5-9(6-8-10)14(18)19-12-4-2-1-3-11(12)13(16)17/h1-8,15H,(H,16,17). The van der Waals surface area contributed by atoms with E-state index in [4.69, 9.17) is 14.9 Å². The van der Waals surface area contributed by atoms with Gasteiger partial charge in [0.2, 0.25) is 0 Å². The summed E-state index contributed by atoms with van der Waals surface area (Å²) in [7, 11) is 0. The van der Waals surface area contributed by atoms with Crippen molar-refractivity contribution < 1.29 is 24.5 Å². The van der Waals surface area contributed by atoms with Gasteiger partial charge in [-0.15, -0.1) is 0 Å². The molecule has 5 heteroatoms. The lowest BCUT2D eigenvalue weighted by Crippen LogP contribution is -2.11. The Kier molecular flexibility index (Phi) is 3.47. The summed E-state index contributed by atoms with van der Waals surface area (Å²) < 4.78 is 5.03. The summed E-state index contributed by atoms with van der Waals surface area (Å²) in [6, 6.07) is 11.3. The lowest BCUT2D eigenvalue weighted by atomic mass is 10.2. The number of esters is 1. The van der Waals surface area contributed by atoms with Gasteiger partial charge in [-0.2, -0.15) is 0 Å². The topological polar surface area (TPSA) is 83.8 Å². The van der Waals surface area contributed by atoms with Crippen LogP contribution in [0.5, 0.6) is 11.5 Å². The molecule has 0 amide bonds. The van der Waals surface area contributed by atoms with E-state index in [9.17, 15) is 9.59 Å². The maximum Gasteiger partial charge on any atom is 0.343 e. The van der Waals surface area contributed by atoms with Crippen LogP contribution in [0.1, 0.15) is 20.7 Å². The molecule has 2 aromatic carbocycles. The van der Waals surface area contributed by atoms with Crippen molar-refractivity contribution in [1.82, 2.24) is 0 Å². The minimum absolute atomic E-state index is 0.0203. The van der Waals surface area contributed by atoms with Gasteiger partial charge in [0, 0.05) is 0 Å². The zero-order chi connectivity index (χ0) is 13.8. The number of aromatic hydroxyl groups is 1. The molecule has 2 N–H and O–H groups in total. The van der Waals surface area contributed by atoms with Crippen LogP contribution in [0.2, 0.25) is 0 Å². The highest BCUT2D eigenvalue weighted by Gasteiger charge is 2.15. The summed E-state index contributed by atoms with van der Waals surface area (Å²) >= 11 is 0. The molecule has 19 heavy (non-hydrogen) atoms. The number of hydrogen-bond acceptors (Lipinski definition) is 4. The van der Waals surface area contributed by atoms with Crippen LogP contribution in [0.4, 0.5) is 0 Å². The van der Waals surface area contributed by atoms with E-state index < -0.39 is 11.9 Å². The Morgan fingerprint density at radius 2 is 1.58 bits per heavy atom. The van der Waals surface area contributed by atoms with E-state index in [-0.39, 0.29) is 22.6 Å². The molecular formula is C14H10O5. The predicted molar refractivity (Wildman–Crippen MR) is 66.5 cm³/mol. The molecule has 5 nitrogen and oxygen atoms in total. The maximum atomic E-state index is 11.8. The summed E-state index contributed by atoms with van der Waals surface area (Å²) in [6.07, 6.45) is 0. The highest BCUT2D eigenvalue weighted by molar-refractivity contribution is 5.95. The van der Waals surface area contributed by atoms with E-state index >= 15 is 0 Å². The van der Waals surface area contributed by atoms with E-state index in [0.717, 1.165) is 0 Å². The Bertz CT molecular complexity index is 616. The number of rotatable bonds is 3. The Balaban J connectivity index is 2.24. The van der Waals surface area contributed by atoms with Gasteiger partial charge < -0.3 is 14.9 Å². The smallest absolute Gasteiger partial charge is 0.343 e. The molecule has 96 valence electrons. The van der Waals surface area contributed by atoms with Crippen LogP contribution in [-0.2, 0) is 0 Å². The van der Waals surface area contributed by atoms with Crippen LogP contribution in [0.15, 0.2) is 48.5 Å². The van der Waals surface area contributed by atoms with Crippen molar-refractivity contribution in [3.8, 4) is 11.5 Å². The fourth-order valence-electron chi connectivity index (χ4n) is 1.49. The second-order valence-electron chi connectivity index (χ2n) is 3.74. The lowest BCUT2D eigenvalue weighted by Gasteiger charge is -2.07. The largest absolute Gasteiger partial charge is 0.508 e. The van der Waals surface area contributed by atoms with Gasteiger partial charge in [-0.3, -0.25) is 0 Å². The molecule has 0 aliphatic rings. The Morgan fingerprint density at radius 1 is 0.947 bits per heavy atom. The number of para-hydroxylation sites is 1. The molecule has 0 saturated heterocycles. The molecule has 0 aromatic heterocycles. The maximum absolute atomic E-state index is 11.8. The number of benzene rings is 2. The van der Waals surface area contributed by atoms with Gasteiger partial charge in [0.15, 0.2) is 0 Å². The number of phenols is 1. The minimum Gasteiger partial charge on any atom is -0.508 e. The van der Waals surface area contributed by atoms with Gasteiger partial charge >= 0.3 is 11.9 Å². The second-order valence-corrected chi connectivity index (χ2v) is 3.74. The molecule has 0 radical (unpaired) electrons. The van der Waals surface area contributed by atoms with Crippen molar-refractivity contribution in [3.63, 3.8) is 0 Å². The van der Waals surface area contributed by atoms with Crippen molar-refractivity contribution in [1.29, 1.82) is 0 Å². The lowest BCUT2D eigenvalue weighted by molar-refractivity contribution is 0.0681. The fraction of sp³-hybridized carbons (Fsp3) is 0. The Morgan fingerprint density at radius 3 is 2.21 bits per heavy atom. The Labute approximate surface area is 108 Å². The van der Waals surface area contributed by atoms with Crippen molar-refractivity contribution in [2.75, 3.05) is 0 Å². The molecule has 0 spiro atoms. The third-order valence-corrected chi connectivity index (χ3v) is 2.42. The molecule has 0 atom stereocenters. The van der Waals surface area contributed by atoms with Crippen LogP contribution in [0, 0.1) is 0 Å². The van der Waals surface area contributed by atoms with Gasteiger partial charge in [-0.05, 0) is 36.4 Å². The van der Waals surface area contributed by atoms with E-state index in [1.54, 1.807) is 12.1 Å². The van der Waals surface area contributed by atoms with Gasteiger partial charge in [-0.25, -0.2) is 9.59 Å². The summed E-state index contributed by atoms with van der Waals surface area (Å²) in [5.41, 5.74) is 0.132. The van der Waals surface area contributed by atoms with Crippen molar-refractivity contribution in [3.05, 3.63) is 59.7 Å². The third kappa shape index (κ3) is 2.90. The molecule has 0 aliphatic heterocycles. The number of carboxylic acid groups (broad SMARTS) is 1. The van der Waals surface area contributed by atoms with Crippen LogP contribution in [0.3, 0.4) is 0 Å². The van der Waals surface area contributed by atoms with E-state index in [1.165, 1.54) is 36.4 Å². The first-order valence-corrected chi connectivity index (χ1v) is 5.41. The molecule has 0 unspecified atom stereocenters. The van der Waals surface area contributed by atoms with E-state index in [1.807, 2.05) is 0 Å². The first kappa shape index (κ1) is 12.6. The highest BCUT2D eigenvalue weighted by Crippen LogP contribution is 2.20. The van der Waals surface area contributed by atoms with Gasteiger partial charge in [0.05, 0.1) is 5.56 Å². The number of phenolic OH excluding ortho intramolecular Hbond substituents is 1. The fourth-order valence-corrected chi connectivity index (χ4v) is 1.49. The normalized spacial score (nSPS) is 9.89. The number of hydrogen-bond donors (Lipinski definition) is 2. The van der Waals surface area contributed by atoms with Gasteiger partial charge in [0.1, 0.15) is 17.1 Å². The van der Waals surface area contributed by atoms with Crippen LogP contribution >= 0.6 is 0 Å². The number of carbonyl (C=O) groups excluding carboxylic acids is 1. The first-order chi connectivity index (χ1) is 9.08. The molecule has 0 aliphatic carbocycles. The highest BCUT2D eigenvalue weighted by atomic mass is 16.5. The minimum atomic E-state index is -1.17. The first-order valence-electron chi connectivity index (χ1n) is 5.41. The molecule has 0 fully saturated rings. The summed E-state index contributed by atoms with van der Waals surface area (Å²) in [5.74, 6) is -1.85. The van der Waals surface area contributed by atoms with Crippen LogP contribution in [-0.4, -0.2) is 22.2 Å². The monoisotopic (exact) mass is 258 g/mol. The van der Waals surface area contributed by atoms with Crippen molar-refractivity contribution >= 4 is 11.9 Å². The molecule has 0 bridgehead atoms. The second kappa shape index (κ2) is 5.22. The Hall–Kier alpha value is -2.82. The number of carbonyl (C=O) groups is 2. The summed E-state index contributed by atoms with van der Waals surface area (Å²) in [6.45, 7) is 0. The van der Waals surface area contributed by atoms with E-state index in [2.05, 4.69) is 0 Å². The molecule has 0 saturated carbocycles. The van der Waals surface area contributed by atoms with Crippen LogP contribution in [0.25, 0.3) is 0 Å². The summed E-state index contributed by atoms with van der Waals surface area (Å²) in [4.78, 5) is 22.8. The molecule has 2 aromatic rings. The zero-order valence-electron chi connectivity index (χ0n) is 9.74. The van der Waals surface area contributed by atoms with Crippen LogP contribution < -0.4 is 4.74 Å². The third-order valence-electron chi connectivity index (χ3n) is 2.42. The SMILES string of the molecule is O=C(Oc1ccccc1C(=O)O)c1ccc(O)cc1. The average Bonchev–Trinajstić information content (AvgIpc) is 2.39. The molecular weight excluding hydrogens is 248 g/mol. The molecule has 0 heterocycles. The summed E-state index contributed by atoms with van der Waals surface area (Å²) in [5, 5.41) is 18.1. The van der Waals surface area contributed by atoms with E-state index in [0.29, 0.717) is 0 Å². The number of carboxylic acids is 1. The number of ether oxygens (including phenoxy) is 1. The van der Waals surface area contributed by atoms with Crippen molar-refractivity contribution in [2.24, 2.45) is 0 Å². The molecule has 2 rings (SSSR count). The van der Waals surface area contributed by atoms with Gasteiger partial charge in [-0.1, -0.05) is 12.1 Å². The number of aromatic carboxylic acids is 1. The van der Waals surface area contributed by atoms with Gasteiger partial charge in [0.25, 0.3) is 0 Å². The zero-order valence-corrected chi connectivity index (χ0v) is 9.74.